The number of hydrogen-bond acceptors (Lipinski definition) is 1. The van der Waals surface area contributed by atoms with Gasteiger partial charge in [0, 0.05) is 29.3 Å². The number of phenols is 1. The summed E-state index contributed by atoms with van der Waals surface area (Å²) in [7, 11) is 0. The van der Waals surface area contributed by atoms with Gasteiger partial charge in [-0.1, -0.05) is 78.3 Å². The highest BCUT2D eigenvalue weighted by Gasteiger charge is 2.25. The van der Waals surface area contributed by atoms with Crippen LogP contribution in [0.15, 0.2) is 121 Å². The van der Waals surface area contributed by atoms with Crippen LogP contribution in [0.5, 0.6) is 5.75 Å². The van der Waals surface area contributed by atoms with Crippen LogP contribution in [-0.4, -0.2) is 5.11 Å². The number of pyridine rings is 1. The molecule has 154 valence electrons. The second kappa shape index (κ2) is 8.70. The molecular weight excluding hydrogens is 414 g/mol. The predicted octanol–water partition coefficient (Wildman–Crippen LogP) is 7.32. The molecule has 0 bridgehead atoms. The van der Waals surface area contributed by atoms with Gasteiger partial charge in [0.15, 0.2) is 0 Å². The van der Waals surface area contributed by atoms with Gasteiger partial charge in [-0.05, 0) is 41.5 Å². The maximum absolute atomic E-state index is 10.4. The Hall–Kier alpha value is -3.88. The van der Waals surface area contributed by atoms with E-state index in [9.17, 15) is 5.11 Å². The minimum atomic E-state index is 0.0572. The highest BCUT2D eigenvalue weighted by atomic mass is 35.5. The molecule has 0 saturated heterocycles. The van der Waals surface area contributed by atoms with E-state index in [1.165, 1.54) is 0 Å². The van der Waals surface area contributed by atoms with Crippen LogP contribution in [0.1, 0.15) is 0 Å². The van der Waals surface area contributed by atoms with E-state index in [0.717, 1.165) is 39.3 Å². The summed E-state index contributed by atoms with van der Waals surface area (Å²) in [6, 6.07) is 40.7. The predicted molar refractivity (Wildman–Crippen MR) is 131 cm³/mol. The van der Waals surface area contributed by atoms with Crippen molar-refractivity contribution in [2.24, 2.45) is 0 Å². The van der Waals surface area contributed by atoms with Crippen molar-refractivity contribution >= 4 is 11.6 Å². The summed E-state index contributed by atoms with van der Waals surface area (Å²) in [4.78, 5) is 0. The average Bonchev–Trinajstić information content (AvgIpc) is 2.86. The van der Waals surface area contributed by atoms with Gasteiger partial charge in [-0.3, -0.25) is 0 Å². The van der Waals surface area contributed by atoms with Gasteiger partial charge in [0.2, 0.25) is 17.1 Å². The van der Waals surface area contributed by atoms with Crippen LogP contribution in [0.3, 0.4) is 0 Å². The number of benzene rings is 4. The van der Waals surface area contributed by atoms with Crippen LogP contribution in [-0.2, 0) is 0 Å². The molecule has 3 heteroatoms. The van der Waals surface area contributed by atoms with E-state index in [-0.39, 0.29) is 5.75 Å². The maximum atomic E-state index is 10.4. The molecule has 0 spiro atoms. The van der Waals surface area contributed by atoms with E-state index < -0.39 is 0 Å². The van der Waals surface area contributed by atoms with Gasteiger partial charge in [-0.2, -0.15) is 4.57 Å². The molecule has 0 saturated carbocycles. The third-order valence-electron chi connectivity index (χ3n) is 5.50. The molecule has 2 nitrogen and oxygen atoms in total. The van der Waals surface area contributed by atoms with Gasteiger partial charge in [-0.25, -0.2) is 0 Å². The Bertz CT molecular complexity index is 1310. The first-order chi connectivity index (χ1) is 15.7. The van der Waals surface area contributed by atoms with Crippen LogP contribution >= 0.6 is 11.6 Å². The molecule has 0 aliphatic rings. The number of rotatable bonds is 4. The van der Waals surface area contributed by atoms with Crippen molar-refractivity contribution in [3.63, 3.8) is 0 Å². The van der Waals surface area contributed by atoms with E-state index >= 15 is 0 Å². The van der Waals surface area contributed by atoms with Crippen LogP contribution in [0, 0.1) is 0 Å². The largest absolute Gasteiger partial charge is 0.506 e. The Morgan fingerprint density at radius 3 is 1.44 bits per heavy atom. The van der Waals surface area contributed by atoms with Crippen molar-refractivity contribution in [3.05, 3.63) is 126 Å². The number of halogens is 1. The number of nitrogens with zero attached hydrogens (tertiary/aromatic N) is 1. The zero-order chi connectivity index (χ0) is 21.9. The van der Waals surface area contributed by atoms with E-state index in [1.54, 1.807) is 12.1 Å². The average molecular weight is 435 g/mol. The Balaban J connectivity index is 1.88. The molecule has 1 aromatic heterocycles. The summed E-state index contributed by atoms with van der Waals surface area (Å²) in [5.74, 6) is 0.0572. The molecule has 0 unspecified atom stereocenters. The fourth-order valence-corrected chi connectivity index (χ4v) is 4.07. The smallest absolute Gasteiger partial charge is 0.219 e. The van der Waals surface area contributed by atoms with Crippen molar-refractivity contribution in [3.8, 4) is 45.1 Å². The van der Waals surface area contributed by atoms with Gasteiger partial charge in [0.05, 0.1) is 11.1 Å². The Morgan fingerprint density at radius 1 is 0.500 bits per heavy atom. The topological polar surface area (TPSA) is 24.1 Å². The van der Waals surface area contributed by atoms with E-state index in [2.05, 4.69) is 65.2 Å². The molecule has 0 aliphatic carbocycles. The first kappa shape index (κ1) is 20.0. The minimum absolute atomic E-state index is 0.0572. The van der Waals surface area contributed by atoms with Crippen LogP contribution in [0.2, 0.25) is 5.02 Å². The zero-order valence-corrected chi connectivity index (χ0v) is 18.1. The van der Waals surface area contributed by atoms with Crippen molar-refractivity contribution in [1.82, 2.24) is 0 Å². The Morgan fingerprint density at radius 2 is 0.969 bits per heavy atom. The fraction of sp³-hybridized carbons (Fsp3) is 0. The highest BCUT2D eigenvalue weighted by Crippen LogP contribution is 2.32. The summed E-state index contributed by atoms with van der Waals surface area (Å²) in [6.07, 6.45) is 0. The lowest BCUT2D eigenvalue weighted by molar-refractivity contribution is -0.572. The third kappa shape index (κ3) is 3.89. The van der Waals surface area contributed by atoms with Crippen LogP contribution in [0.25, 0.3) is 39.3 Å². The molecule has 0 atom stereocenters. The minimum Gasteiger partial charge on any atom is -0.506 e. The highest BCUT2D eigenvalue weighted by molar-refractivity contribution is 6.32. The standard InChI is InChI=1S/C29H20ClNO/c30-26-17-16-25(20-29(26)32)31-27(22-12-6-2-7-13-22)18-24(21-10-4-1-5-11-21)19-28(31)23-14-8-3-9-15-23/h1-20H/p+1. The normalized spacial score (nSPS) is 10.8. The third-order valence-corrected chi connectivity index (χ3v) is 5.82. The van der Waals surface area contributed by atoms with E-state index in [1.807, 2.05) is 48.5 Å². The number of phenolic OH excluding ortho intramolecular Hbond substituents is 1. The molecular formula is C29H21ClNO+. The Kier molecular flexibility index (Phi) is 5.45. The number of aromatic nitrogens is 1. The second-order valence-electron chi connectivity index (χ2n) is 7.58. The van der Waals surface area contributed by atoms with Gasteiger partial charge in [0.25, 0.3) is 0 Å². The summed E-state index contributed by atoms with van der Waals surface area (Å²) >= 11 is 6.13. The lowest BCUT2D eigenvalue weighted by Gasteiger charge is -2.13. The van der Waals surface area contributed by atoms with Crippen molar-refractivity contribution < 1.29 is 9.67 Å². The van der Waals surface area contributed by atoms with E-state index in [0.29, 0.717) is 5.02 Å². The van der Waals surface area contributed by atoms with Gasteiger partial charge >= 0.3 is 0 Å². The molecule has 1 heterocycles. The second-order valence-corrected chi connectivity index (χ2v) is 7.99. The summed E-state index contributed by atoms with van der Waals surface area (Å²) < 4.78 is 2.17. The first-order valence-corrected chi connectivity index (χ1v) is 10.8. The van der Waals surface area contributed by atoms with Gasteiger partial charge in [0.1, 0.15) is 5.75 Å². The fourth-order valence-electron chi connectivity index (χ4n) is 3.95. The summed E-state index contributed by atoms with van der Waals surface area (Å²) in [5, 5.41) is 10.7. The lowest BCUT2D eigenvalue weighted by atomic mass is 9.98. The quantitative estimate of drug-likeness (QED) is 0.294. The Labute approximate surface area is 192 Å². The first-order valence-electron chi connectivity index (χ1n) is 10.5. The maximum Gasteiger partial charge on any atom is 0.219 e. The van der Waals surface area contributed by atoms with Crippen LogP contribution < -0.4 is 4.57 Å². The van der Waals surface area contributed by atoms with Crippen molar-refractivity contribution in [1.29, 1.82) is 0 Å². The monoisotopic (exact) mass is 434 g/mol. The molecule has 0 aliphatic heterocycles. The van der Waals surface area contributed by atoms with Gasteiger partial charge in [-0.15, -0.1) is 0 Å². The summed E-state index contributed by atoms with van der Waals surface area (Å²) in [6.45, 7) is 0. The molecule has 4 aromatic carbocycles. The molecule has 1 N–H and O–H groups in total. The molecule has 5 rings (SSSR count). The van der Waals surface area contributed by atoms with Gasteiger partial charge < -0.3 is 5.11 Å². The molecule has 0 fully saturated rings. The summed E-state index contributed by atoms with van der Waals surface area (Å²) in [5.41, 5.74) is 7.31. The van der Waals surface area contributed by atoms with E-state index in [4.69, 9.17) is 11.6 Å². The molecule has 5 aromatic rings. The number of aromatic hydroxyl groups is 1. The van der Waals surface area contributed by atoms with Crippen LogP contribution in [0.4, 0.5) is 0 Å². The zero-order valence-electron chi connectivity index (χ0n) is 17.3. The van der Waals surface area contributed by atoms with Crippen molar-refractivity contribution in [2.75, 3.05) is 0 Å². The molecule has 32 heavy (non-hydrogen) atoms. The lowest BCUT2D eigenvalue weighted by Crippen LogP contribution is -2.36. The van der Waals surface area contributed by atoms with Crippen molar-refractivity contribution in [2.45, 2.75) is 0 Å². The molecule has 0 amide bonds. The number of hydrogen-bond donors (Lipinski definition) is 1. The molecule has 0 radical (unpaired) electrons. The SMILES string of the molecule is Oc1cc(-[n+]2c(-c3ccccc3)cc(-c3ccccc3)cc2-c2ccccc2)ccc1Cl.